The minimum absolute atomic E-state index is 0.0863. The summed E-state index contributed by atoms with van der Waals surface area (Å²) in [7, 11) is 0. The first-order valence-electron chi connectivity index (χ1n) is 6.69. The minimum Gasteiger partial charge on any atom is -0.327 e. The first kappa shape index (κ1) is 15.6. The molecule has 0 spiro atoms. The molecule has 0 aliphatic carbocycles. The molecule has 2 unspecified atom stereocenters. The van der Waals surface area contributed by atoms with E-state index >= 15 is 0 Å². The minimum atomic E-state index is -0.0863. The van der Waals surface area contributed by atoms with Gasteiger partial charge in [0.1, 0.15) is 0 Å². The SMILES string of the molecule is CC1CN(CC(=O)Nc2cccc(Cl)c2Cl)CCC1N. The number of nitrogens with two attached hydrogens (primary N) is 1. The van der Waals surface area contributed by atoms with Gasteiger partial charge in [0.15, 0.2) is 0 Å². The van der Waals surface area contributed by atoms with Gasteiger partial charge < -0.3 is 11.1 Å². The smallest absolute Gasteiger partial charge is 0.238 e. The number of piperidine rings is 1. The Hall–Kier alpha value is -0.810. The molecule has 1 heterocycles. The number of hydrogen-bond acceptors (Lipinski definition) is 3. The molecule has 1 saturated heterocycles. The highest BCUT2D eigenvalue weighted by Gasteiger charge is 2.24. The fourth-order valence-corrected chi connectivity index (χ4v) is 2.73. The maximum Gasteiger partial charge on any atom is 0.238 e. The summed E-state index contributed by atoms with van der Waals surface area (Å²) in [4.78, 5) is 14.2. The molecule has 1 aliphatic rings. The first-order valence-corrected chi connectivity index (χ1v) is 7.44. The van der Waals surface area contributed by atoms with Crippen molar-refractivity contribution in [1.82, 2.24) is 4.90 Å². The number of hydrogen-bond donors (Lipinski definition) is 2. The first-order chi connectivity index (χ1) is 9.47. The van der Waals surface area contributed by atoms with Gasteiger partial charge in [-0.2, -0.15) is 0 Å². The molecule has 1 aromatic rings. The molecule has 1 aliphatic heterocycles. The van der Waals surface area contributed by atoms with E-state index in [1.54, 1.807) is 18.2 Å². The molecule has 1 aromatic carbocycles. The number of halogens is 2. The molecule has 1 fully saturated rings. The van der Waals surface area contributed by atoms with Crippen LogP contribution in [-0.4, -0.2) is 36.5 Å². The van der Waals surface area contributed by atoms with Crippen LogP contribution in [0.2, 0.25) is 10.0 Å². The lowest BCUT2D eigenvalue weighted by molar-refractivity contribution is -0.117. The Kier molecular flexibility index (Phi) is 5.27. The summed E-state index contributed by atoms with van der Waals surface area (Å²) >= 11 is 12.0. The molecule has 0 radical (unpaired) electrons. The zero-order valence-corrected chi connectivity index (χ0v) is 12.9. The molecule has 110 valence electrons. The largest absolute Gasteiger partial charge is 0.327 e. The van der Waals surface area contributed by atoms with Crippen molar-refractivity contribution in [3.8, 4) is 0 Å². The van der Waals surface area contributed by atoms with Crippen molar-refractivity contribution in [2.24, 2.45) is 11.7 Å². The zero-order chi connectivity index (χ0) is 14.7. The Bertz CT molecular complexity index is 495. The van der Waals surface area contributed by atoms with Crippen molar-refractivity contribution >= 4 is 34.8 Å². The van der Waals surface area contributed by atoms with Crippen LogP contribution >= 0.6 is 23.2 Å². The molecule has 6 heteroatoms. The Morgan fingerprint density at radius 3 is 2.95 bits per heavy atom. The van der Waals surface area contributed by atoms with Gasteiger partial charge in [0, 0.05) is 19.1 Å². The Balaban J connectivity index is 1.91. The number of likely N-dealkylation sites (tertiary alicyclic amines) is 1. The number of nitrogens with zero attached hydrogens (tertiary/aromatic N) is 1. The molecule has 0 aromatic heterocycles. The quantitative estimate of drug-likeness (QED) is 0.901. The normalized spacial score (nSPS) is 23.6. The Morgan fingerprint density at radius 1 is 1.50 bits per heavy atom. The fourth-order valence-electron chi connectivity index (χ4n) is 2.39. The summed E-state index contributed by atoms with van der Waals surface area (Å²) in [5.41, 5.74) is 6.52. The molecular formula is C14H19Cl2N3O. The number of rotatable bonds is 3. The molecule has 0 saturated carbocycles. The van der Waals surface area contributed by atoms with E-state index in [0.717, 1.165) is 19.5 Å². The summed E-state index contributed by atoms with van der Waals surface area (Å²) in [6.45, 7) is 4.16. The van der Waals surface area contributed by atoms with Crippen molar-refractivity contribution in [1.29, 1.82) is 0 Å². The van der Waals surface area contributed by atoms with Gasteiger partial charge in [-0.05, 0) is 24.5 Å². The van der Waals surface area contributed by atoms with E-state index < -0.39 is 0 Å². The van der Waals surface area contributed by atoms with E-state index in [0.29, 0.717) is 28.2 Å². The average molecular weight is 316 g/mol. The Morgan fingerprint density at radius 2 is 2.25 bits per heavy atom. The third kappa shape index (κ3) is 3.85. The highest BCUT2D eigenvalue weighted by Crippen LogP contribution is 2.29. The van der Waals surface area contributed by atoms with Gasteiger partial charge in [-0.25, -0.2) is 0 Å². The number of anilines is 1. The van der Waals surface area contributed by atoms with Gasteiger partial charge in [0.05, 0.1) is 22.3 Å². The summed E-state index contributed by atoms with van der Waals surface area (Å²) in [6, 6.07) is 5.41. The monoisotopic (exact) mass is 315 g/mol. The van der Waals surface area contributed by atoms with Gasteiger partial charge in [0.2, 0.25) is 5.91 Å². The van der Waals surface area contributed by atoms with Crippen LogP contribution < -0.4 is 11.1 Å². The zero-order valence-electron chi connectivity index (χ0n) is 11.4. The third-order valence-corrected chi connectivity index (χ3v) is 4.47. The van der Waals surface area contributed by atoms with Gasteiger partial charge in [-0.1, -0.05) is 36.2 Å². The second kappa shape index (κ2) is 6.76. The van der Waals surface area contributed by atoms with Crippen LogP contribution in [0.25, 0.3) is 0 Å². The van der Waals surface area contributed by atoms with Crippen LogP contribution in [0.4, 0.5) is 5.69 Å². The van der Waals surface area contributed by atoms with Crippen LogP contribution in [-0.2, 0) is 4.79 Å². The molecule has 20 heavy (non-hydrogen) atoms. The van der Waals surface area contributed by atoms with E-state index in [9.17, 15) is 4.79 Å². The number of nitrogens with one attached hydrogen (secondary N) is 1. The van der Waals surface area contributed by atoms with Crippen molar-refractivity contribution in [3.05, 3.63) is 28.2 Å². The maximum absolute atomic E-state index is 12.0. The van der Waals surface area contributed by atoms with Crippen molar-refractivity contribution in [2.75, 3.05) is 25.0 Å². The fraction of sp³-hybridized carbons (Fsp3) is 0.500. The molecular weight excluding hydrogens is 297 g/mol. The third-order valence-electron chi connectivity index (χ3n) is 3.65. The molecule has 2 atom stereocenters. The molecule has 1 amide bonds. The molecule has 2 rings (SSSR count). The lowest BCUT2D eigenvalue weighted by atomic mass is 9.95. The summed E-state index contributed by atoms with van der Waals surface area (Å²) in [6.07, 6.45) is 0.923. The standard InChI is InChI=1S/C14H19Cl2N3O/c1-9-7-19(6-5-11(9)17)8-13(20)18-12-4-2-3-10(15)14(12)16/h2-4,9,11H,5-8,17H2,1H3,(H,18,20). The van der Waals surface area contributed by atoms with Gasteiger partial charge in [-0.3, -0.25) is 9.69 Å². The van der Waals surface area contributed by atoms with E-state index in [1.165, 1.54) is 0 Å². The van der Waals surface area contributed by atoms with Crippen molar-refractivity contribution in [3.63, 3.8) is 0 Å². The van der Waals surface area contributed by atoms with Crippen LogP contribution in [0.5, 0.6) is 0 Å². The van der Waals surface area contributed by atoms with Gasteiger partial charge >= 0.3 is 0 Å². The highest BCUT2D eigenvalue weighted by molar-refractivity contribution is 6.43. The van der Waals surface area contributed by atoms with E-state index in [4.69, 9.17) is 28.9 Å². The van der Waals surface area contributed by atoms with Crippen LogP contribution in [0.3, 0.4) is 0 Å². The van der Waals surface area contributed by atoms with E-state index in [-0.39, 0.29) is 11.9 Å². The maximum atomic E-state index is 12.0. The second-order valence-electron chi connectivity index (χ2n) is 5.31. The summed E-state index contributed by atoms with van der Waals surface area (Å²) in [5.74, 6) is 0.322. The second-order valence-corrected chi connectivity index (χ2v) is 6.10. The van der Waals surface area contributed by atoms with Gasteiger partial charge in [0.25, 0.3) is 0 Å². The molecule has 3 N–H and O–H groups in total. The summed E-state index contributed by atoms with van der Waals surface area (Å²) < 4.78 is 0. The number of benzene rings is 1. The van der Waals surface area contributed by atoms with Crippen LogP contribution in [0, 0.1) is 5.92 Å². The van der Waals surface area contributed by atoms with Crippen molar-refractivity contribution < 1.29 is 4.79 Å². The lowest BCUT2D eigenvalue weighted by Gasteiger charge is -2.34. The Labute approximate surface area is 129 Å². The molecule has 0 bridgehead atoms. The number of carbonyl (C=O) groups excluding carboxylic acids is 1. The predicted octanol–water partition coefficient (Wildman–Crippen LogP) is 2.60. The summed E-state index contributed by atoms with van der Waals surface area (Å²) in [5, 5.41) is 3.60. The lowest BCUT2D eigenvalue weighted by Crippen LogP contribution is -2.48. The van der Waals surface area contributed by atoms with E-state index in [2.05, 4.69) is 17.1 Å². The number of amides is 1. The van der Waals surface area contributed by atoms with Crippen molar-refractivity contribution in [2.45, 2.75) is 19.4 Å². The predicted molar refractivity (Wildman–Crippen MR) is 83.3 cm³/mol. The van der Waals surface area contributed by atoms with Gasteiger partial charge in [-0.15, -0.1) is 0 Å². The van der Waals surface area contributed by atoms with Crippen LogP contribution in [0.15, 0.2) is 18.2 Å². The van der Waals surface area contributed by atoms with Crippen LogP contribution in [0.1, 0.15) is 13.3 Å². The number of carbonyl (C=O) groups is 1. The van der Waals surface area contributed by atoms with E-state index in [1.807, 2.05) is 0 Å². The molecule has 4 nitrogen and oxygen atoms in total. The topological polar surface area (TPSA) is 58.4 Å². The average Bonchev–Trinajstić information content (AvgIpc) is 2.39. The highest BCUT2D eigenvalue weighted by atomic mass is 35.5.